The highest BCUT2D eigenvalue weighted by molar-refractivity contribution is 6.30. The molecule has 3 fully saturated rings. The van der Waals surface area contributed by atoms with Crippen molar-refractivity contribution in [3.8, 4) is 17.6 Å². The van der Waals surface area contributed by atoms with Gasteiger partial charge < -0.3 is 76.6 Å². The summed E-state index contributed by atoms with van der Waals surface area (Å²) in [4.78, 5) is 91.4. The van der Waals surface area contributed by atoms with Gasteiger partial charge in [-0.1, -0.05) is 11.6 Å². The normalized spacial score (nSPS) is 17.5. The van der Waals surface area contributed by atoms with E-state index in [9.17, 15) is 39.3 Å². The van der Waals surface area contributed by atoms with Gasteiger partial charge in [0, 0.05) is 76.1 Å². The largest absolute Gasteiger partial charge is 0.480 e. The first-order chi connectivity index (χ1) is 47.0. The van der Waals surface area contributed by atoms with Crippen molar-refractivity contribution < 1.29 is 63.0 Å². The van der Waals surface area contributed by atoms with Crippen LogP contribution in [0, 0.1) is 0 Å². The second-order valence-electron chi connectivity index (χ2n) is 25.0. The minimum atomic E-state index is -0.704. The number of anilines is 8. The van der Waals surface area contributed by atoms with Crippen molar-refractivity contribution >= 4 is 105 Å². The number of rotatable bonds is 16. The number of methoxy groups -OCH3 is 3. The molecule has 3 aliphatic carbocycles. The van der Waals surface area contributed by atoms with E-state index in [2.05, 4.69) is 77.1 Å². The van der Waals surface area contributed by atoms with Crippen molar-refractivity contribution in [2.75, 3.05) is 74.0 Å². The Morgan fingerprint density at radius 3 is 1.28 bits per heavy atom. The van der Waals surface area contributed by atoms with Crippen LogP contribution in [0.25, 0.3) is 16.9 Å². The minimum absolute atomic E-state index is 0.0258. The van der Waals surface area contributed by atoms with Crippen LogP contribution in [0.3, 0.4) is 0 Å². The van der Waals surface area contributed by atoms with Gasteiger partial charge in [-0.3, -0.25) is 24.2 Å². The van der Waals surface area contributed by atoms with Crippen LogP contribution >= 0.6 is 11.6 Å². The fourth-order valence-corrected chi connectivity index (χ4v) is 10.2. The lowest BCUT2D eigenvalue weighted by Crippen LogP contribution is -2.46. The number of aliphatic hydroxyl groups excluding tert-OH is 3. The van der Waals surface area contributed by atoms with E-state index in [0.29, 0.717) is 114 Å². The van der Waals surface area contributed by atoms with Gasteiger partial charge in [0.05, 0.1) is 63.9 Å². The Morgan fingerprint density at radius 1 is 0.545 bits per heavy atom. The highest BCUT2D eigenvalue weighted by Crippen LogP contribution is 2.32. The number of fused-ring (bicyclic) bond motifs is 3. The Balaban J connectivity index is 0.000000164. The van der Waals surface area contributed by atoms with E-state index >= 15 is 0 Å². The maximum absolute atomic E-state index is 13.0. The van der Waals surface area contributed by atoms with Crippen molar-refractivity contribution in [2.24, 2.45) is 0 Å². The number of halogens is 1. The lowest BCUT2D eigenvalue weighted by molar-refractivity contribution is 0.0553. The van der Waals surface area contributed by atoms with E-state index in [1.54, 1.807) is 135 Å². The maximum Gasteiger partial charge on any atom is 0.415 e. The number of hydrogen-bond acceptors (Lipinski definition) is 26. The molecule has 5 amide bonds. The molecule has 9 aromatic rings. The molecule has 34 nitrogen and oxygen atoms in total. The van der Waals surface area contributed by atoms with E-state index < -0.39 is 29.5 Å². The van der Waals surface area contributed by atoms with Gasteiger partial charge in [-0.2, -0.15) is 28.8 Å². The number of hydrogen-bond donors (Lipinski definition) is 10. The molecular weight excluding hydrogens is 1310 g/mol. The Bertz CT molecular complexity index is 4370. The fraction of sp³-hybridized carbons (Fsp3) is 0.406. The fourth-order valence-electron chi connectivity index (χ4n) is 9.99. The SMILES string of the molecule is CN(C(=O)OC(C)(C)C)c1cc(Cl)nc2c(C(=O)NC3CC(O)C3)cnn12.CNc1cc(Nc2cccnc2OC)nc2c(C(=O)NC3CC(O)C3)cnn12.COc1ncccc1N.COc1ncccc1Nc1cc(N(C)C(=O)OC(C)(C)C)n2ncc(C(=O)NC3CC(O)C3)c2n1. The molecule has 9 aromatic heterocycles. The summed E-state index contributed by atoms with van der Waals surface area (Å²) in [5.74, 6) is 2.43. The van der Waals surface area contributed by atoms with Gasteiger partial charge >= 0.3 is 12.2 Å². The van der Waals surface area contributed by atoms with Gasteiger partial charge in [-0.15, -0.1) is 0 Å². The van der Waals surface area contributed by atoms with Gasteiger partial charge in [-0.25, -0.2) is 39.5 Å². The molecule has 9 heterocycles. The predicted molar refractivity (Wildman–Crippen MR) is 366 cm³/mol. The summed E-state index contributed by atoms with van der Waals surface area (Å²) in [6.07, 6.45) is 9.98. The standard InChI is InChI=1S/C23H29N7O5.C18H21N7O3.C17H22ClN5O4.C6H8N2O/c1-23(2,3)35-22(33)29(4)18-11-17(27-16-7-6-8-24-21(16)34-5)28-19-15(12-25-30(18)19)20(32)26-13-9-14(31)10-13;1-19-15-8-14(23-13-4-3-5-20-18(13)28-2)24-16-12(9-21-25(15)16)17(27)22-10-6-11(26)7-10;1-17(2,3)27-16(26)22(4)13-7-12(18)21-14-11(8-19-23(13)14)15(25)20-9-5-10(24)6-9;1-9-6-5(7)3-2-4-8-6/h6-8,11-14,31H,9-10H2,1-5H3,(H,26,32)(H,27,28);3-5,8-11,19,26H,6-7H2,1-2H3,(H,22,27)(H,23,24);7-10,24H,5-6H2,1-4H3,(H,20,25);2-4H,7H2,1H3. The number of aliphatic hydroxyl groups is 3. The van der Waals surface area contributed by atoms with Crippen LogP contribution in [-0.4, -0.2) is 194 Å². The molecule has 0 unspecified atom stereocenters. The molecule has 0 spiro atoms. The van der Waals surface area contributed by atoms with Crippen molar-refractivity contribution in [1.29, 1.82) is 0 Å². The van der Waals surface area contributed by atoms with Crippen LogP contribution in [0.15, 0.2) is 91.8 Å². The molecule has 0 aromatic carbocycles. The Hall–Kier alpha value is -11.0. The van der Waals surface area contributed by atoms with Gasteiger partial charge in [0.2, 0.25) is 17.6 Å². The minimum Gasteiger partial charge on any atom is -0.480 e. The van der Waals surface area contributed by atoms with E-state index in [4.69, 9.17) is 41.0 Å². The third kappa shape index (κ3) is 18.0. The first kappa shape index (κ1) is 72.3. The highest BCUT2D eigenvalue weighted by Gasteiger charge is 2.34. The van der Waals surface area contributed by atoms with E-state index in [-0.39, 0.29) is 75.6 Å². The second-order valence-corrected chi connectivity index (χ2v) is 25.4. The first-order valence-electron chi connectivity index (χ1n) is 31.2. The van der Waals surface area contributed by atoms with Gasteiger partial charge in [0.25, 0.3) is 17.7 Å². The number of nitrogens with one attached hydrogen (secondary N) is 6. The number of ether oxygens (including phenoxy) is 5. The van der Waals surface area contributed by atoms with Gasteiger partial charge in [0.15, 0.2) is 16.9 Å². The molecule has 3 saturated carbocycles. The monoisotopic (exact) mass is 1390 g/mol. The van der Waals surface area contributed by atoms with Gasteiger partial charge in [-0.05, 0) is 116 Å². The summed E-state index contributed by atoms with van der Waals surface area (Å²) >= 11 is 6.11. The lowest BCUT2D eigenvalue weighted by Gasteiger charge is -2.31. The molecule has 0 bridgehead atoms. The van der Waals surface area contributed by atoms with Crippen LogP contribution in [0.2, 0.25) is 5.15 Å². The Kier molecular flexibility index (Phi) is 22.7. The van der Waals surface area contributed by atoms with Crippen molar-refractivity contribution in [3.05, 3.63) is 114 Å². The molecule has 11 N–H and O–H groups in total. The number of aromatic nitrogens is 12. The third-order valence-corrected chi connectivity index (χ3v) is 15.3. The lowest BCUT2D eigenvalue weighted by atomic mass is 9.89. The van der Waals surface area contributed by atoms with Crippen LogP contribution in [-0.2, 0) is 9.47 Å². The van der Waals surface area contributed by atoms with Crippen LogP contribution in [0.5, 0.6) is 17.6 Å². The molecule has 0 aliphatic heterocycles. The third-order valence-electron chi connectivity index (χ3n) is 15.2. The summed E-state index contributed by atoms with van der Waals surface area (Å²) in [7, 11) is 9.42. The summed E-state index contributed by atoms with van der Waals surface area (Å²) in [5, 5.41) is 59.2. The zero-order valence-corrected chi connectivity index (χ0v) is 57.3. The molecule has 99 heavy (non-hydrogen) atoms. The van der Waals surface area contributed by atoms with Crippen LogP contribution in [0.4, 0.5) is 55.7 Å². The molecule has 0 saturated heterocycles. The number of nitrogens with zero attached hydrogens (tertiary/aromatic N) is 14. The van der Waals surface area contributed by atoms with E-state index in [0.717, 1.165) is 0 Å². The molecule has 0 atom stereocenters. The van der Waals surface area contributed by atoms with E-state index in [1.165, 1.54) is 57.6 Å². The molecule has 12 rings (SSSR count). The Labute approximate surface area is 572 Å². The van der Waals surface area contributed by atoms with Crippen molar-refractivity contribution in [2.45, 2.75) is 128 Å². The van der Waals surface area contributed by atoms with Crippen LogP contribution in [0.1, 0.15) is 111 Å². The van der Waals surface area contributed by atoms with Crippen molar-refractivity contribution in [1.82, 2.24) is 74.7 Å². The summed E-state index contributed by atoms with van der Waals surface area (Å²) in [5.41, 5.74) is 7.54. The van der Waals surface area contributed by atoms with Crippen LogP contribution < -0.4 is 61.6 Å². The number of nitrogens with two attached hydrogens (primary N) is 1. The number of nitrogen functional groups attached to an aromatic ring is 1. The number of carbonyl (C=O) groups excluding carboxylic acids is 5. The average Bonchev–Trinajstić information content (AvgIpc) is 1.69. The van der Waals surface area contributed by atoms with E-state index in [1.807, 2.05) is 6.07 Å². The zero-order chi connectivity index (χ0) is 71.6. The molecule has 0 radical (unpaired) electrons. The average molecular weight is 1390 g/mol. The Morgan fingerprint density at radius 2 is 0.909 bits per heavy atom. The molecular formula is C64H80ClN21O13. The highest BCUT2D eigenvalue weighted by atomic mass is 35.5. The number of amides is 5. The maximum atomic E-state index is 13.0. The summed E-state index contributed by atoms with van der Waals surface area (Å²) < 4.78 is 30.6. The summed E-state index contributed by atoms with van der Waals surface area (Å²) in [6.45, 7) is 10.6. The first-order valence-corrected chi connectivity index (χ1v) is 31.6. The zero-order valence-electron chi connectivity index (χ0n) is 56.5. The molecule has 526 valence electrons. The topological polar surface area (TPSA) is 426 Å². The number of carbonyl (C=O) groups is 5. The number of pyridine rings is 3. The van der Waals surface area contributed by atoms with Gasteiger partial charge in [0.1, 0.15) is 73.5 Å². The molecule has 35 heteroatoms. The predicted octanol–water partition coefficient (Wildman–Crippen LogP) is 6.35. The summed E-state index contributed by atoms with van der Waals surface area (Å²) in [6, 6.07) is 15.2. The smallest absolute Gasteiger partial charge is 0.415 e. The second kappa shape index (κ2) is 31.1. The van der Waals surface area contributed by atoms with Crippen molar-refractivity contribution in [3.63, 3.8) is 0 Å². The quantitative estimate of drug-likeness (QED) is 0.0471. The molecule has 3 aliphatic rings.